The monoisotopic (exact) mass is 253 g/mol. The van der Waals surface area contributed by atoms with E-state index in [4.69, 9.17) is 4.74 Å². The van der Waals surface area contributed by atoms with Crippen LogP contribution in [0.1, 0.15) is 35.1 Å². The van der Waals surface area contributed by atoms with Crippen LogP contribution in [0.15, 0.2) is 11.1 Å². The Balaban J connectivity index is 1.93. The number of fused-ring (bicyclic) bond motifs is 4. The number of hydrogen-bond donors (Lipinski definition) is 1. The molecule has 0 saturated carbocycles. The summed E-state index contributed by atoms with van der Waals surface area (Å²) in [6.07, 6.45) is 4.04. The van der Waals surface area contributed by atoms with E-state index in [-0.39, 0.29) is 5.41 Å². The number of piperidine rings is 1. The first-order valence-electron chi connectivity index (χ1n) is 6.78. The average molecular weight is 253 g/mol. The van der Waals surface area contributed by atoms with Crippen LogP contribution in [0.25, 0.3) is 0 Å². The summed E-state index contributed by atoms with van der Waals surface area (Å²) in [5, 5.41) is 12.8. The number of benzene rings is 1. The van der Waals surface area contributed by atoms with Crippen molar-refractivity contribution in [2.45, 2.75) is 24.8 Å². The van der Waals surface area contributed by atoms with E-state index in [0.717, 1.165) is 55.0 Å². The van der Waals surface area contributed by atoms with Crippen LogP contribution in [-0.2, 0) is 12.0 Å². The number of aliphatic imine (C=N–C) groups is 1. The molecule has 1 aromatic rings. The molecule has 0 aliphatic carbocycles. The molecule has 0 atom stereocenters. The zero-order valence-electron chi connectivity index (χ0n) is 10.7. The normalized spacial score (nSPS) is 21.8. The van der Waals surface area contributed by atoms with Gasteiger partial charge in [-0.1, -0.05) is 0 Å². The third kappa shape index (κ3) is 1.39. The summed E-state index contributed by atoms with van der Waals surface area (Å²) in [4.78, 5) is 4.30. The molecule has 4 rings (SSSR count). The predicted molar refractivity (Wildman–Crippen MR) is 71.7 cm³/mol. The molecule has 0 aromatic heterocycles. The van der Waals surface area contributed by atoms with Gasteiger partial charge >= 0.3 is 0 Å². The molecule has 4 nitrogen and oxygen atoms in total. The molecule has 3 aliphatic heterocycles. The Morgan fingerprint density at radius 3 is 3.00 bits per heavy atom. The van der Waals surface area contributed by atoms with Gasteiger partial charge in [0.2, 0.25) is 0 Å². The second-order valence-corrected chi connectivity index (χ2v) is 5.59. The lowest BCUT2D eigenvalue weighted by Gasteiger charge is -2.32. The zero-order valence-corrected chi connectivity index (χ0v) is 10.7. The summed E-state index contributed by atoms with van der Waals surface area (Å²) in [5.41, 5.74) is 4.20. The highest BCUT2D eigenvalue weighted by Crippen LogP contribution is 2.48. The van der Waals surface area contributed by atoms with Crippen LogP contribution >= 0.6 is 0 Å². The maximum absolute atomic E-state index is 9.36. The first kappa shape index (κ1) is 11.0. The summed E-state index contributed by atoms with van der Waals surface area (Å²) in [6.45, 7) is 3.41. The van der Waals surface area contributed by atoms with Crippen molar-refractivity contribution in [3.63, 3.8) is 0 Å². The Morgan fingerprint density at radius 2 is 2.21 bits per heavy atom. The van der Waals surface area contributed by atoms with Gasteiger partial charge < -0.3 is 10.1 Å². The highest BCUT2D eigenvalue weighted by Gasteiger charge is 2.43. The Kier molecular flexibility index (Phi) is 2.21. The molecule has 96 valence electrons. The van der Waals surface area contributed by atoms with E-state index in [1.165, 1.54) is 5.56 Å². The van der Waals surface area contributed by atoms with Crippen LogP contribution in [-0.4, -0.2) is 25.9 Å². The smallest absolute Gasteiger partial charge is 0.132 e. The van der Waals surface area contributed by atoms with Crippen molar-refractivity contribution in [3.8, 4) is 11.8 Å². The number of nitrogens with zero attached hydrogens (tertiary/aromatic N) is 2. The summed E-state index contributed by atoms with van der Waals surface area (Å²) in [6, 6.07) is 4.38. The molecule has 0 unspecified atom stereocenters. The van der Waals surface area contributed by atoms with E-state index in [9.17, 15) is 5.26 Å². The van der Waals surface area contributed by atoms with Gasteiger partial charge in [-0.2, -0.15) is 5.26 Å². The predicted octanol–water partition coefficient (Wildman–Crippen LogP) is 1.50. The molecule has 3 aliphatic rings. The fraction of sp³-hybridized carbons (Fsp3) is 0.467. The second-order valence-electron chi connectivity index (χ2n) is 5.59. The van der Waals surface area contributed by atoms with E-state index < -0.39 is 0 Å². The Labute approximate surface area is 112 Å². The van der Waals surface area contributed by atoms with Crippen LogP contribution in [0, 0.1) is 11.3 Å². The van der Waals surface area contributed by atoms with E-state index in [2.05, 4.69) is 22.4 Å². The summed E-state index contributed by atoms with van der Waals surface area (Å²) in [7, 11) is 0. The molecule has 0 bridgehead atoms. The van der Waals surface area contributed by atoms with Crippen LogP contribution in [0.5, 0.6) is 5.75 Å². The molecule has 4 heteroatoms. The van der Waals surface area contributed by atoms with Gasteiger partial charge in [0.05, 0.1) is 24.8 Å². The fourth-order valence-corrected chi connectivity index (χ4v) is 3.52. The standard InChI is InChI=1S/C15H15N3O/c16-6-10-5-13-14(12-8-18-7-11(10)12)19-9-15(13)1-3-17-4-2-15/h5,8,17H,1-4,7,9H2. The van der Waals surface area contributed by atoms with Crippen LogP contribution < -0.4 is 10.1 Å². The van der Waals surface area contributed by atoms with Gasteiger partial charge in [0.15, 0.2) is 0 Å². The maximum atomic E-state index is 9.36. The molecule has 3 heterocycles. The van der Waals surface area contributed by atoms with Gasteiger partial charge in [-0.05, 0) is 32.0 Å². The van der Waals surface area contributed by atoms with Crippen LogP contribution in [0.4, 0.5) is 0 Å². The highest BCUT2D eigenvalue weighted by atomic mass is 16.5. The second kappa shape index (κ2) is 3.82. The third-order valence-corrected chi connectivity index (χ3v) is 4.64. The van der Waals surface area contributed by atoms with Crippen LogP contribution in [0.2, 0.25) is 0 Å². The largest absolute Gasteiger partial charge is 0.492 e. The van der Waals surface area contributed by atoms with E-state index in [0.29, 0.717) is 6.54 Å². The highest BCUT2D eigenvalue weighted by molar-refractivity contribution is 5.90. The molecule has 1 spiro atoms. The fourth-order valence-electron chi connectivity index (χ4n) is 3.52. The minimum Gasteiger partial charge on any atom is -0.492 e. The lowest BCUT2D eigenvalue weighted by molar-refractivity contribution is 0.220. The lowest BCUT2D eigenvalue weighted by Crippen LogP contribution is -2.41. The van der Waals surface area contributed by atoms with E-state index >= 15 is 0 Å². The SMILES string of the molecule is N#Cc1cc2c(c3c1CN=C3)OCC21CCNCC1. The molecule has 0 amide bonds. The van der Waals surface area contributed by atoms with Crippen molar-refractivity contribution in [2.24, 2.45) is 4.99 Å². The van der Waals surface area contributed by atoms with Crippen molar-refractivity contribution in [1.29, 1.82) is 5.26 Å². The zero-order chi connectivity index (χ0) is 12.9. The van der Waals surface area contributed by atoms with Crippen molar-refractivity contribution < 1.29 is 4.74 Å². The number of hydrogen-bond acceptors (Lipinski definition) is 4. The Hall–Kier alpha value is -1.86. The van der Waals surface area contributed by atoms with Gasteiger partial charge in [-0.3, -0.25) is 4.99 Å². The molecule has 1 fully saturated rings. The molecule has 0 radical (unpaired) electrons. The van der Waals surface area contributed by atoms with Gasteiger partial charge in [-0.25, -0.2) is 0 Å². The molecule has 19 heavy (non-hydrogen) atoms. The van der Waals surface area contributed by atoms with E-state index in [1.807, 2.05) is 6.21 Å². The van der Waals surface area contributed by atoms with Crippen molar-refractivity contribution in [3.05, 3.63) is 28.3 Å². The number of nitriles is 1. The lowest BCUT2D eigenvalue weighted by atomic mass is 9.74. The molecular weight excluding hydrogens is 238 g/mol. The molecule has 1 N–H and O–H groups in total. The first-order valence-corrected chi connectivity index (χ1v) is 6.78. The van der Waals surface area contributed by atoms with Crippen molar-refractivity contribution >= 4 is 6.21 Å². The number of nitrogens with one attached hydrogen (secondary N) is 1. The molecular formula is C15H15N3O. The van der Waals surface area contributed by atoms with Gasteiger partial charge in [0.25, 0.3) is 0 Å². The summed E-state index contributed by atoms with van der Waals surface area (Å²) < 4.78 is 6.01. The minimum atomic E-state index is 0.109. The minimum absolute atomic E-state index is 0.109. The van der Waals surface area contributed by atoms with Crippen LogP contribution in [0.3, 0.4) is 0 Å². The number of rotatable bonds is 0. The van der Waals surface area contributed by atoms with Gasteiger partial charge in [0, 0.05) is 28.3 Å². The summed E-state index contributed by atoms with van der Waals surface area (Å²) >= 11 is 0. The van der Waals surface area contributed by atoms with Gasteiger partial charge in [-0.15, -0.1) is 0 Å². The Bertz CT molecular complexity index is 621. The first-order chi connectivity index (χ1) is 9.34. The van der Waals surface area contributed by atoms with Crippen molar-refractivity contribution in [1.82, 2.24) is 5.32 Å². The summed E-state index contributed by atoms with van der Waals surface area (Å²) in [5.74, 6) is 0.983. The molecule has 1 saturated heterocycles. The van der Waals surface area contributed by atoms with Gasteiger partial charge in [0.1, 0.15) is 5.75 Å². The van der Waals surface area contributed by atoms with E-state index in [1.54, 1.807) is 0 Å². The average Bonchev–Trinajstić information content (AvgIpc) is 3.05. The Morgan fingerprint density at radius 1 is 1.37 bits per heavy atom. The quantitative estimate of drug-likeness (QED) is 0.762. The topological polar surface area (TPSA) is 57.4 Å². The third-order valence-electron chi connectivity index (χ3n) is 4.64. The number of ether oxygens (including phenoxy) is 1. The maximum Gasteiger partial charge on any atom is 0.132 e. The molecule has 1 aromatic carbocycles. The van der Waals surface area contributed by atoms with Crippen molar-refractivity contribution in [2.75, 3.05) is 19.7 Å².